The number of pyridine rings is 2. The molecule has 0 aliphatic heterocycles. The van der Waals surface area contributed by atoms with Crippen LogP contribution >= 0.6 is 0 Å². The van der Waals surface area contributed by atoms with E-state index in [9.17, 15) is 0 Å². The fourth-order valence-electron chi connectivity index (χ4n) is 4.61. The van der Waals surface area contributed by atoms with E-state index in [1.165, 1.54) is 16.7 Å². The second-order valence-electron chi connectivity index (χ2n) is 9.15. The van der Waals surface area contributed by atoms with Gasteiger partial charge in [0.05, 0.1) is 11.4 Å². The maximum atomic E-state index is 4.75. The number of aromatic nitrogens is 2. The van der Waals surface area contributed by atoms with Crippen molar-refractivity contribution in [2.24, 2.45) is 0 Å². The zero-order valence-corrected chi connectivity index (χ0v) is 20.9. The highest BCUT2D eigenvalue weighted by Crippen LogP contribution is 2.33. The second kappa shape index (κ2) is 10.9. The molecule has 2 heteroatoms. The van der Waals surface area contributed by atoms with E-state index in [4.69, 9.17) is 4.98 Å². The quantitative estimate of drug-likeness (QED) is 0.234. The summed E-state index contributed by atoms with van der Waals surface area (Å²) in [5.41, 5.74) is 11.0. The highest BCUT2D eigenvalue weighted by atomic mass is 14.7. The molecular weight excluding hydrogens is 460 g/mol. The number of benzene rings is 4. The normalized spacial score (nSPS) is 11.1. The minimum absolute atomic E-state index is 0.977. The Hall–Kier alpha value is -5.08. The van der Waals surface area contributed by atoms with Crippen molar-refractivity contribution in [1.82, 2.24) is 9.97 Å². The van der Waals surface area contributed by atoms with Crippen molar-refractivity contribution in [2.75, 3.05) is 0 Å². The Morgan fingerprint density at radius 3 is 1.53 bits per heavy atom. The molecule has 2 nitrogen and oxygen atoms in total. The summed E-state index contributed by atoms with van der Waals surface area (Å²) in [5.74, 6) is 0. The molecular formula is C36H26N2. The van der Waals surface area contributed by atoms with Crippen LogP contribution in [0.25, 0.3) is 56.9 Å². The minimum Gasteiger partial charge on any atom is -0.256 e. The third-order valence-corrected chi connectivity index (χ3v) is 6.59. The molecule has 6 aromatic rings. The predicted octanol–water partition coefficient (Wildman–Crippen LogP) is 9.31. The SMILES string of the molecule is C(=Cc1cccc(-c2ccccc2-c2ccc(-c3ccccc3)nc2)c1)c1ccc(-c2ccccc2)nc1. The molecule has 4 aromatic carbocycles. The van der Waals surface area contributed by atoms with E-state index in [-0.39, 0.29) is 0 Å². The van der Waals surface area contributed by atoms with Gasteiger partial charge in [-0.1, -0.05) is 127 Å². The Kier molecular flexibility index (Phi) is 6.69. The first kappa shape index (κ1) is 23.3. The summed E-state index contributed by atoms with van der Waals surface area (Å²) in [6.07, 6.45) is 8.14. The zero-order chi connectivity index (χ0) is 25.6. The van der Waals surface area contributed by atoms with Gasteiger partial charge < -0.3 is 0 Å². The van der Waals surface area contributed by atoms with Crippen LogP contribution in [0, 0.1) is 0 Å². The molecule has 6 rings (SSSR count). The first-order valence-electron chi connectivity index (χ1n) is 12.7. The topological polar surface area (TPSA) is 25.8 Å². The molecule has 0 fully saturated rings. The Balaban J connectivity index is 1.25. The van der Waals surface area contributed by atoms with Crippen molar-refractivity contribution < 1.29 is 0 Å². The van der Waals surface area contributed by atoms with E-state index >= 15 is 0 Å². The lowest BCUT2D eigenvalue weighted by molar-refractivity contribution is 1.31. The maximum Gasteiger partial charge on any atom is 0.0702 e. The van der Waals surface area contributed by atoms with E-state index in [0.717, 1.165) is 39.2 Å². The Morgan fingerprint density at radius 2 is 0.921 bits per heavy atom. The minimum atomic E-state index is 0.977. The highest BCUT2D eigenvalue weighted by Gasteiger charge is 2.09. The van der Waals surface area contributed by atoms with Crippen molar-refractivity contribution in [3.63, 3.8) is 0 Å². The smallest absolute Gasteiger partial charge is 0.0702 e. The number of rotatable bonds is 6. The Morgan fingerprint density at radius 1 is 0.368 bits per heavy atom. The fraction of sp³-hybridized carbons (Fsp3) is 0. The second-order valence-corrected chi connectivity index (χ2v) is 9.15. The molecule has 38 heavy (non-hydrogen) atoms. The molecule has 2 aromatic heterocycles. The van der Waals surface area contributed by atoms with Gasteiger partial charge in [0.1, 0.15) is 0 Å². The van der Waals surface area contributed by atoms with Crippen molar-refractivity contribution in [1.29, 1.82) is 0 Å². The molecule has 0 spiro atoms. The van der Waals surface area contributed by atoms with Crippen molar-refractivity contribution in [3.05, 3.63) is 157 Å². The van der Waals surface area contributed by atoms with E-state index < -0.39 is 0 Å². The largest absolute Gasteiger partial charge is 0.256 e. The summed E-state index contributed by atoms with van der Waals surface area (Å²) < 4.78 is 0. The Labute approximate surface area is 223 Å². The van der Waals surface area contributed by atoms with Crippen LogP contribution in [0.15, 0.2) is 146 Å². The lowest BCUT2D eigenvalue weighted by Gasteiger charge is -2.11. The van der Waals surface area contributed by atoms with Gasteiger partial charge in [-0.2, -0.15) is 0 Å². The van der Waals surface area contributed by atoms with Crippen LogP contribution in [-0.4, -0.2) is 9.97 Å². The lowest BCUT2D eigenvalue weighted by atomic mass is 9.94. The lowest BCUT2D eigenvalue weighted by Crippen LogP contribution is -1.88. The summed E-state index contributed by atoms with van der Waals surface area (Å²) in [6.45, 7) is 0. The zero-order valence-electron chi connectivity index (χ0n) is 20.9. The van der Waals surface area contributed by atoms with Crippen molar-refractivity contribution >= 4 is 12.2 Å². The third kappa shape index (κ3) is 5.21. The Bertz CT molecular complexity index is 1670. The molecule has 0 saturated carbocycles. The summed E-state index contributed by atoms with van der Waals surface area (Å²) in [7, 11) is 0. The molecule has 0 atom stereocenters. The van der Waals surface area contributed by atoms with E-state index in [2.05, 4.69) is 114 Å². The van der Waals surface area contributed by atoms with Gasteiger partial charge in [0, 0.05) is 29.1 Å². The molecule has 0 aliphatic rings. The van der Waals surface area contributed by atoms with Gasteiger partial charge >= 0.3 is 0 Å². The predicted molar refractivity (Wildman–Crippen MR) is 159 cm³/mol. The maximum absolute atomic E-state index is 4.75. The van der Waals surface area contributed by atoms with Gasteiger partial charge in [-0.25, -0.2) is 0 Å². The molecule has 0 unspecified atom stereocenters. The van der Waals surface area contributed by atoms with Crippen LogP contribution in [0.2, 0.25) is 0 Å². The fourth-order valence-corrected chi connectivity index (χ4v) is 4.61. The summed E-state index contributed by atoms with van der Waals surface area (Å²) in [5, 5.41) is 0. The first-order chi connectivity index (χ1) is 18.8. The molecule has 0 radical (unpaired) electrons. The number of hydrogen-bond acceptors (Lipinski definition) is 2. The van der Waals surface area contributed by atoms with Crippen LogP contribution < -0.4 is 0 Å². The number of nitrogens with zero attached hydrogens (tertiary/aromatic N) is 2. The van der Waals surface area contributed by atoms with Crippen LogP contribution in [0.3, 0.4) is 0 Å². The van der Waals surface area contributed by atoms with Crippen LogP contribution in [-0.2, 0) is 0 Å². The first-order valence-corrected chi connectivity index (χ1v) is 12.7. The van der Waals surface area contributed by atoms with Gasteiger partial charge in [0.2, 0.25) is 0 Å². The standard InChI is InChI=1S/C36H26N2/c1-3-11-29(12-4-1)35-22-20-28(25-37-35)19-18-27-10-9-15-31(24-27)33-16-7-8-17-34(33)32-21-23-36(38-26-32)30-13-5-2-6-14-30/h1-26H. The molecule has 0 bridgehead atoms. The average molecular weight is 487 g/mol. The van der Waals surface area contributed by atoms with Gasteiger partial charge in [0.15, 0.2) is 0 Å². The monoisotopic (exact) mass is 486 g/mol. The van der Waals surface area contributed by atoms with Crippen LogP contribution in [0.4, 0.5) is 0 Å². The molecule has 0 N–H and O–H groups in total. The summed E-state index contributed by atoms with van der Waals surface area (Å²) in [6, 6.07) is 46.1. The van der Waals surface area contributed by atoms with Gasteiger partial charge in [0.25, 0.3) is 0 Å². The van der Waals surface area contributed by atoms with Gasteiger partial charge in [-0.05, 0) is 46.0 Å². The molecule has 0 saturated heterocycles. The summed E-state index contributed by atoms with van der Waals surface area (Å²) >= 11 is 0. The van der Waals surface area contributed by atoms with E-state index in [0.29, 0.717) is 0 Å². The number of hydrogen-bond donors (Lipinski definition) is 0. The van der Waals surface area contributed by atoms with E-state index in [1.807, 2.05) is 48.8 Å². The van der Waals surface area contributed by atoms with Crippen molar-refractivity contribution in [2.45, 2.75) is 0 Å². The molecule has 180 valence electrons. The molecule has 0 amide bonds. The molecule has 0 aliphatic carbocycles. The molecule has 2 heterocycles. The van der Waals surface area contributed by atoms with Gasteiger partial charge in [-0.15, -0.1) is 0 Å². The highest BCUT2D eigenvalue weighted by molar-refractivity contribution is 5.85. The van der Waals surface area contributed by atoms with Crippen LogP contribution in [0.1, 0.15) is 11.1 Å². The van der Waals surface area contributed by atoms with Crippen LogP contribution in [0.5, 0.6) is 0 Å². The van der Waals surface area contributed by atoms with E-state index in [1.54, 1.807) is 0 Å². The third-order valence-electron chi connectivity index (χ3n) is 6.59. The van der Waals surface area contributed by atoms with Gasteiger partial charge in [-0.3, -0.25) is 9.97 Å². The van der Waals surface area contributed by atoms with Crippen molar-refractivity contribution in [3.8, 4) is 44.8 Å². The average Bonchev–Trinajstić information content (AvgIpc) is 3.01. The summed E-state index contributed by atoms with van der Waals surface area (Å²) in [4.78, 5) is 9.39.